The number of rotatable bonds is 5. The highest BCUT2D eigenvalue weighted by Gasteiger charge is 2.27. The van der Waals surface area contributed by atoms with E-state index in [1.807, 2.05) is 0 Å². The van der Waals surface area contributed by atoms with Crippen LogP contribution in [0.3, 0.4) is 0 Å². The molecule has 90 valence electrons. The molecule has 0 fully saturated rings. The zero-order valence-electron chi connectivity index (χ0n) is 9.17. The average molecular weight is 233 g/mol. The number of benzene rings is 1. The second-order valence-electron chi connectivity index (χ2n) is 3.43. The summed E-state index contributed by atoms with van der Waals surface area (Å²) in [4.78, 5) is 0. The van der Waals surface area contributed by atoms with Gasteiger partial charge < -0.3 is 22.4 Å². The molecule has 16 heavy (non-hydrogen) atoms. The first-order valence-corrected chi connectivity index (χ1v) is 4.87. The van der Waals surface area contributed by atoms with Gasteiger partial charge in [-0.25, -0.2) is 0 Å². The van der Waals surface area contributed by atoms with Crippen molar-refractivity contribution < 1.29 is 22.4 Å². The molecular formula is C10H13BF3O2-. The van der Waals surface area contributed by atoms with Crippen LogP contribution < -0.4 is 10.2 Å². The van der Waals surface area contributed by atoms with Gasteiger partial charge in [-0.15, -0.1) is 5.46 Å². The molecule has 0 bridgehead atoms. The molecule has 0 unspecified atom stereocenters. The van der Waals surface area contributed by atoms with Crippen LogP contribution in [0.25, 0.3) is 0 Å². The molecule has 0 aliphatic carbocycles. The Hall–Kier alpha value is -1.17. The van der Waals surface area contributed by atoms with Crippen LogP contribution in [-0.2, 0) is 4.74 Å². The van der Waals surface area contributed by atoms with Gasteiger partial charge in [-0.05, 0) is 19.1 Å². The molecule has 2 nitrogen and oxygen atoms in total. The van der Waals surface area contributed by atoms with Crippen molar-refractivity contribution in [3.63, 3.8) is 0 Å². The molecule has 1 rings (SSSR count). The Bertz CT molecular complexity index is 352. The Morgan fingerprint density at radius 2 is 1.88 bits per heavy atom. The van der Waals surface area contributed by atoms with Crippen LogP contribution in [0.5, 0.6) is 5.75 Å². The zero-order valence-corrected chi connectivity index (χ0v) is 9.17. The van der Waals surface area contributed by atoms with Gasteiger partial charge in [0.2, 0.25) is 0 Å². The summed E-state index contributed by atoms with van der Waals surface area (Å²) in [6.45, 7) is -2.79. The molecule has 1 aromatic rings. The van der Waals surface area contributed by atoms with E-state index in [4.69, 9.17) is 9.47 Å². The lowest BCUT2D eigenvalue weighted by Gasteiger charge is -2.18. The van der Waals surface area contributed by atoms with Gasteiger partial charge in [0.1, 0.15) is 12.4 Å². The normalized spacial score (nSPS) is 11.6. The second kappa shape index (κ2) is 5.25. The fraction of sp³-hybridized carbons (Fsp3) is 0.400. The van der Waals surface area contributed by atoms with E-state index in [0.29, 0.717) is 19.0 Å². The monoisotopic (exact) mass is 233 g/mol. The van der Waals surface area contributed by atoms with Crippen molar-refractivity contribution in [3.05, 3.63) is 23.8 Å². The van der Waals surface area contributed by atoms with Crippen molar-refractivity contribution in [2.45, 2.75) is 6.92 Å². The van der Waals surface area contributed by atoms with E-state index in [2.05, 4.69) is 0 Å². The Morgan fingerprint density at radius 3 is 2.38 bits per heavy atom. The first-order chi connectivity index (χ1) is 7.45. The number of hydrogen-bond donors (Lipinski definition) is 0. The average Bonchev–Trinajstić information content (AvgIpc) is 2.16. The van der Waals surface area contributed by atoms with Crippen LogP contribution in [-0.4, -0.2) is 27.3 Å². The van der Waals surface area contributed by atoms with Gasteiger partial charge in [0.05, 0.1) is 6.61 Å². The molecule has 0 amide bonds. The molecule has 0 radical (unpaired) electrons. The quantitative estimate of drug-likeness (QED) is 0.572. The second-order valence-corrected chi connectivity index (χ2v) is 3.43. The molecule has 0 atom stereocenters. The summed E-state index contributed by atoms with van der Waals surface area (Å²) >= 11 is 0. The Kier molecular flexibility index (Phi) is 4.23. The third kappa shape index (κ3) is 3.45. The van der Waals surface area contributed by atoms with Crippen LogP contribution in [0, 0.1) is 6.92 Å². The lowest BCUT2D eigenvalue weighted by atomic mass is 9.77. The molecule has 0 spiro atoms. The molecule has 0 saturated heterocycles. The smallest absolute Gasteiger partial charge is 0.491 e. The summed E-state index contributed by atoms with van der Waals surface area (Å²) in [7, 11) is 1.53. The predicted molar refractivity (Wildman–Crippen MR) is 57.3 cm³/mol. The molecule has 0 aromatic heterocycles. The number of hydrogen-bond acceptors (Lipinski definition) is 2. The first kappa shape index (κ1) is 12.9. The SMILES string of the molecule is COCCOc1ccc([B-](F)(F)F)c(C)c1. The molecule has 0 aliphatic rings. The van der Waals surface area contributed by atoms with Crippen molar-refractivity contribution in [2.75, 3.05) is 20.3 Å². The van der Waals surface area contributed by atoms with Crippen LogP contribution in [0.4, 0.5) is 12.9 Å². The van der Waals surface area contributed by atoms with E-state index < -0.39 is 12.4 Å². The lowest BCUT2D eigenvalue weighted by Crippen LogP contribution is -2.35. The summed E-state index contributed by atoms with van der Waals surface area (Å²) in [6.07, 6.45) is 0. The minimum atomic E-state index is -4.94. The maximum Gasteiger partial charge on any atom is 0.509 e. The zero-order chi connectivity index (χ0) is 12.2. The Balaban J connectivity index is 2.75. The Morgan fingerprint density at radius 1 is 1.19 bits per heavy atom. The van der Waals surface area contributed by atoms with Gasteiger partial charge in [0.15, 0.2) is 0 Å². The van der Waals surface area contributed by atoms with Crippen LogP contribution in [0.2, 0.25) is 0 Å². The van der Waals surface area contributed by atoms with Gasteiger partial charge in [0.25, 0.3) is 0 Å². The van der Waals surface area contributed by atoms with Crippen molar-refractivity contribution in [3.8, 4) is 5.75 Å². The van der Waals surface area contributed by atoms with E-state index >= 15 is 0 Å². The van der Waals surface area contributed by atoms with Gasteiger partial charge in [-0.2, -0.15) is 0 Å². The third-order valence-corrected chi connectivity index (χ3v) is 2.15. The van der Waals surface area contributed by atoms with Crippen molar-refractivity contribution >= 4 is 12.4 Å². The fourth-order valence-electron chi connectivity index (χ4n) is 1.35. The van der Waals surface area contributed by atoms with Gasteiger partial charge >= 0.3 is 6.98 Å². The molecule has 0 heterocycles. The minimum Gasteiger partial charge on any atom is -0.491 e. The number of aryl methyl sites for hydroxylation is 1. The molecular weight excluding hydrogens is 220 g/mol. The highest BCUT2D eigenvalue weighted by molar-refractivity contribution is 6.74. The summed E-state index contributed by atoms with van der Waals surface area (Å²) in [5.41, 5.74) is -0.387. The van der Waals surface area contributed by atoms with E-state index in [1.165, 1.54) is 26.2 Å². The maximum atomic E-state index is 12.5. The Labute approximate surface area is 92.4 Å². The summed E-state index contributed by atoms with van der Waals surface area (Å²) in [6, 6.07) is 3.77. The van der Waals surface area contributed by atoms with Crippen LogP contribution in [0.1, 0.15) is 5.56 Å². The van der Waals surface area contributed by atoms with E-state index in [-0.39, 0.29) is 5.56 Å². The van der Waals surface area contributed by atoms with Crippen LogP contribution in [0.15, 0.2) is 18.2 Å². The van der Waals surface area contributed by atoms with Crippen molar-refractivity contribution in [1.82, 2.24) is 0 Å². The molecule has 0 N–H and O–H groups in total. The summed E-state index contributed by atoms with van der Waals surface area (Å²) in [5, 5.41) is 0. The highest BCUT2D eigenvalue weighted by atomic mass is 19.4. The number of ether oxygens (including phenoxy) is 2. The number of halogens is 3. The molecule has 0 saturated carbocycles. The molecule has 6 heteroatoms. The topological polar surface area (TPSA) is 18.5 Å². The first-order valence-electron chi connectivity index (χ1n) is 4.87. The molecule has 1 aromatic carbocycles. The van der Waals surface area contributed by atoms with Gasteiger partial charge in [-0.3, -0.25) is 0 Å². The largest absolute Gasteiger partial charge is 0.509 e. The van der Waals surface area contributed by atoms with E-state index in [1.54, 1.807) is 0 Å². The fourth-order valence-corrected chi connectivity index (χ4v) is 1.35. The standard InChI is InChI=1S/C10H13BF3O2/c1-8-7-9(16-6-5-15-2)3-4-10(8)11(12,13)14/h3-4,7H,5-6H2,1-2H3/q-1. The maximum absolute atomic E-state index is 12.5. The van der Waals surface area contributed by atoms with E-state index in [9.17, 15) is 12.9 Å². The summed E-state index contributed by atoms with van der Waals surface area (Å²) < 4.78 is 47.4. The number of methoxy groups -OCH3 is 1. The van der Waals surface area contributed by atoms with Gasteiger partial charge in [-0.1, -0.05) is 11.6 Å². The molecule has 0 aliphatic heterocycles. The minimum absolute atomic E-state index is 0.183. The van der Waals surface area contributed by atoms with Crippen LogP contribution >= 0.6 is 0 Å². The van der Waals surface area contributed by atoms with Crippen molar-refractivity contribution in [2.24, 2.45) is 0 Å². The third-order valence-electron chi connectivity index (χ3n) is 2.15. The van der Waals surface area contributed by atoms with E-state index in [0.717, 1.165) is 6.07 Å². The lowest BCUT2D eigenvalue weighted by molar-refractivity contribution is 0.146. The highest BCUT2D eigenvalue weighted by Crippen LogP contribution is 2.17. The van der Waals surface area contributed by atoms with Gasteiger partial charge in [0, 0.05) is 7.11 Å². The predicted octanol–water partition coefficient (Wildman–Crippen LogP) is 2.07. The van der Waals surface area contributed by atoms with Crippen molar-refractivity contribution in [1.29, 1.82) is 0 Å². The summed E-state index contributed by atoms with van der Waals surface area (Å²) in [5.74, 6) is 0.429.